The monoisotopic (exact) mass is 388 g/mol. The average Bonchev–Trinajstić information content (AvgIpc) is 2.76. The topological polar surface area (TPSA) is 0 Å². The van der Waals surface area contributed by atoms with Crippen LogP contribution < -0.4 is 0 Å². The summed E-state index contributed by atoms with van der Waals surface area (Å²) in [4.78, 5) is 0. The molecule has 2 heteroatoms. The van der Waals surface area contributed by atoms with Crippen LogP contribution in [0.15, 0.2) is 0 Å². The molecule has 0 nitrogen and oxygen atoms in total. The second-order valence-electron chi connectivity index (χ2n) is 7.38. The summed E-state index contributed by atoms with van der Waals surface area (Å²) in [6.07, 6.45) is 7.65. The van der Waals surface area contributed by atoms with E-state index in [-0.39, 0.29) is 55.9 Å². The molecule has 0 radical (unpaired) electrons. The molecule has 0 heterocycles. The zero-order chi connectivity index (χ0) is 11.9. The Hall–Kier alpha value is 1.10. The van der Waals surface area contributed by atoms with Gasteiger partial charge in [0.25, 0.3) is 0 Å². The third kappa shape index (κ3) is 5.91. The summed E-state index contributed by atoms with van der Waals surface area (Å²) in [5.74, 6) is 2.98. The minimum Gasteiger partial charge on any atom is -0.358 e. The predicted octanol–water partition coefficient (Wildman–Crippen LogP) is 7.12. The Morgan fingerprint density at radius 1 is 0.762 bits per heavy atom. The molecule has 0 saturated heterocycles. The molecule has 0 spiro atoms. The van der Waals surface area contributed by atoms with E-state index in [0.29, 0.717) is 0 Å². The maximum absolute atomic E-state index is 2.71. The van der Waals surface area contributed by atoms with Crippen LogP contribution in [0.4, 0.5) is 0 Å². The van der Waals surface area contributed by atoms with Gasteiger partial charge < -0.3 is 29.7 Å². The smallest absolute Gasteiger partial charge is 0.358 e. The van der Waals surface area contributed by atoms with Gasteiger partial charge >= 0.3 is 26.2 Å². The molecular weight excluding hydrogens is 348 g/mol. The summed E-state index contributed by atoms with van der Waals surface area (Å²) < 4.78 is 0. The standard InChI is InChI=1S/C15H30Si.4CH3.Zr/c1-11-10-12(2)15(13(11)3)16(4,5)14-8-6-7-9-14;;;;;/h11-15H,6-10H2,1-5H3;4*1H3;/q;4*-1;+4. The fourth-order valence-corrected chi connectivity index (χ4v) is 10.9. The molecular formula is C19H42SiZr. The van der Waals surface area contributed by atoms with Crippen LogP contribution in [0.2, 0.25) is 24.2 Å². The van der Waals surface area contributed by atoms with Crippen LogP contribution in [0.1, 0.15) is 52.9 Å². The number of rotatable bonds is 2. The zero-order valence-electron chi connectivity index (χ0n) is 16.4. The first-order valence-corrected chi connectivity index (χ1v) is 10.6. The Morgan fingerprint density at radius 3 is 1.52 bits per heavy atom. The molecule has 0 bridgehead atoms. The molecule has 2 fully saturated rings. The summed E-state index contributed by atoms with van der Waals surface area (Å²) in [6.45, 7) is 13.0. The van der Waals surface area contributed by atoms with Gasteiger partial charge in [-0.3, -0.25) is 0 Å². The molecule has 0 N–H and O–H groups in total. The van der Waals surface area contributed by atoms with Crippen molar-refractivity contribution in [3.8, 4) is 0 Å². The molecule has 0 aromatic heterocycles. The van der Waals surface area contributed by atoms with Crippen molar-refractivity contribution in [2.45, 2.75) is 77.1 Å². The van der Waals surface area contributed by atoms with Gasteiger partial charge in [-0.25, -0.2) is 0 Å². The van der Waals surface area contributed by atoms with Crippen LogP contribution in [-0.4, -0.2) is 8.07 Å². The van der Waals surface area contributed by atoms with Crippen molar-refractivity contribution >= 4 is 8.07 Å². The molecule has 4 atom stereocenters. The van der Waals surface area contributed by atoms with E-state index in [1.165, 1.54) is 19.3 Å². The predicted molar refractivity (Wildman–Crippen MR) is 101 cm³/mol. The Morgan fingerprint density at radius 2 is 1.19 bits per heavy atom. The van der Waals surface area contributed by atoms with E-state index in [1.54, 1.807) is 12.8 Å². The van der Waals surface area contributed by atoms with Gasteiger partial charge in [0.1, 0.15) is 0 Å². The van der Waals surface area contributed by atoms with Crippen LogP contribution in [-0.2, 0) is 26.2 Å². The van der Waals surface area contributed by atoms with Crippen molar-refractivity contribution < 1.29 is 26.2 Å². The van der Waals surface area contributed by atoms with Crippen molar-refractivity contribution in [2.24, 2.45) is 17.8 Å². The second kappa shape index (κ2) is 11.6. The maximum atomic E-state index is 2.71. The molecule has 21 heavy (non-hydrogen) atoms. The van der Waals surface area contributed by atoms with Crippen LogP contribution >= 0.6 is 0 Å². The normalized spacial score (nSPS) is 31.9. The first-order chi connectivity index (χ1) is 7.44. The van der Waals surface area contributed by atoms with Gasteiger partial charge in [0.15, 0.2) is 0 Å². The maximum Gasteiger partial charge on any atom is 4.00 e. The molecule has 0 aromatic rings. The molecule has 2 rings (SSSR count). The van der Waals surface area contributed by atoms with Gasteiger partial charge in [-0.15, -0.1) is 0 Å². The van der Waals surface area contributed by atoms with E-state index in [1.807, 2.05) is 0 Å². The molecule has 4 unspecified atom stereocenters. The molecule has 2 aliphatic rings. The van der Waals surface area contributed by atoms with Crippen molar-refractivity contribution in [3.63, 3.8) is 0 Å². The van der Waals surface area contributed by atoms with Gasteiger partial charge in [0.05, 0.1) is 8.07 Å². The van der Waals surface area contributed by atoms with Gasteiger partial charge in [0.2, 0.25) is 0 Å². The largest absolute Gasteiger partial charge is 4.00 e. The van der Waals surface area contributed by atoms with Gasteiger partial charge in [0, 0.05) is 0 Å². The molecule has 2 saturated carbocycles. The first-order valence-electron chi connectivity index (χ1n) is 7.44. The van der Waals surface area contributed by atoms with Crippen LogP contribution in [0.3, 0.4) is 0 Å². The molecule has 0 amide bonds. The minimum atomic E-state index is -1.01. The van der Waals surface area contributed by atoms with E-state index >= 15 is 0 Å². The van der Waals surface area contributed by atoms with Gasteiger partial charge in [-0.05, 0) is 35.3 Å². The quantitative estimate of drug-likeness (QED) is 0.348. The first kappa shape index (κ1) is 30.0. The van der Waals surface area contributed by atoms with E-state index in [0.717, 1.165) is 28.8 Å². The van der Waals surface area contributed by atoms with E-state index in [2.05, 4.69) is 33.9 Å². The van der Waals surface area contributed by atoms with E-state index < -0.39 is 8.07 Å². The molecule has 2 aliphatic carbocycles. The second-order valence-corrected chi connectivity index (χ2v) is 12.5. The van der Waals surface area contributed by atoms with Crippen molar-refractivity contribution in [1.82, 2.24) is 0 Å². The van der Waals surface area contributed by atoms with E-state index in [4.69, 9.17) is 0 Å². The molecule has 0 aliphatic heterocycles. The fraction of sp³-hybridized carbons (Fsp3) is 0.789. The Balaban J connectivity index is -0.000000289. The van der Waals surface area contributed by atoms with E-state index in [9.17, 15) is 0 Å². The van der Waals surface area contributed by atoms with Crippen LogP contribution in [0.5, 0.6) is 0 Å². The number of hydrogen-bond donors (Lipinski definition) is 0. The third-order valence-corrected chi connectivity index (χ3v) is 11.6. The summed E-state index contributed by atoms with van der Waals surface area (Å²) in [7, 11) is -1.01. The van der Waals surface area contributed by atoms with Crippen molar-refractivity contribution in [3.05, 3.63) is 29.7 Å². The Bertz CT molecular complexity index is 246. The van der Waals surface area contributed by atoms with Crippen molar-refractivity contribution in [1.29, 1.82) is 0 Å². The minimum absolute atomic E-state index is 0. The summed E-state index contributed by atoms with van der Waals surface area (Å²) >= 11 is 0. The van der Waals surface area contributed by atoms with Gasteiger partial charge in [-0.2, -0.15) is 0 Å². The molecule has 126 valence electrons. The third-order valence-electron chi connectivity index (χ3n) is 6.09. The summed E-state index contributed by atoms with van der Waals surface area (Å²) in [6, 6.07) is 0. The summed E-state index contributed by atoms with van der Waals surface area (Å²) in [5.41, 5.74) is 2.25. The Labute approximate surface area is 158 Å². The van der Waals surface area contributed by atoms with Crippen molar-refractivity contribution in [2.75, 3.05) is 0 Å². The van der Waals surface area contributed by atoms with Crippen LogP contribution in [0, 0.1) is 47.5 Å². The zero-order valence-corrected chi connectivity index (χ0v) is 19.9. The SMILES string of the molecule is CC1CC(C)C([Si](C)(C)C2CCCC2)C1C.[CH3-].[CH3-].[CH3-].[CH3-].[Zr+4]. The average molecular weight is 390 g/mol. The Kier molecular flexibility index (Phi) is 16.6. The number of hydrogen-bond acceptors (Lipinski definition) is 0. The molecule has 0 aromatic carbocycles. The van der Waals surface area contributed by atoms with Gasteiger partial charge in [-0.1, -0.05) is 59.5 Å². The van der Waals surface area contributed by atoms with Crippen LogP contribution in [0.25, 0.3) is 0 Å². The summed E-state index contributed by atoms with van der Waals surface area (Å²) in [5, 5.41) is 0. The fourth-order valence-electron chi connectivity index (χ4n) is 5.17.